The average Bonchev–Trinajstić information content (AvgIpc) is 3.04. The van der Waals surface area contributed by atoms with Crippen LogP contribution >= 0.6 is 11.6 Å². The number of hydrogen-bond acceptors (Lipinski definition) is 4. The normalized spacial score (nSPS) is 21.8. The number of fused-ring (bicyclic) bond motifs is 1. The summed E-state index contributed by atoms with van der Waals surface area (Å²) in [7, 11) is -1.29. The van der Waals surface area contributed by atoms with Gasteiger partial charge in [-0.3, -0.25) is 9.69 Å². The summed E-state index contributed by atoms with van der Waals surface area (Å²) in [5.41, 5.74) is 2.74. The van der Waals surface area contributed by atoms with E-state index in [4.69, 9.17) is 21.6 Å². The molecule has 2 atom stereocenters. The Hall–Kier alpha value is -1.08. The topological polar surface area (TPSA) is 81.0 Å². The first-order valence-electron chi connectivity index (χ1n) is 10.1. The van der Waals surface area contributed by atoms with Crippen molar-refractivity contribution in [1.29, 1.82) is 0 Å². The molecule has 1 heterocycles. The van der Waals surface area contributed by atoms with Crippen molar-refractivity contribution in [3.8, 4) is 0 Å². The molecule has 148 valence electrons. The molecule has 5 nitrogen and oxygen atoms in total. The Balaban J connectivity index is 1.52. The van der Waals surface area contributed by atoms with Crippen LogP contribution in [0.2, 0.25) is 11.3 Å². The van der Waals surface area contributed by atoms with Crippen LogP contribution in [0, 0.1) is 11.8 Å². The van der Waals surface area contributed by atoms with Crippen LogP contribution in [0.3, 0.4) is 0 Å². The van der Waals surface area contributed by atoms with Crippen LogP contribution in [-0.4, -0.2) is 46.2 Å². The van der Waals surface area contributed by atoms with E-state index in [1.165, 1.54) is 11.1 Å². The van der Waals surface area contributed by atoms with E-state index in [0.29, 0.717) is 25.2 Å². The SMILES string of the molecule is O=C(O)C(CCCCB(O)O)C1CCN(C2CCc3cc(Cl)ccc32)CC1. The second-order valence-electron chi connectivity index (χ2n) is 7.98. The van der Waals surface area contributed by atoms with Gasteiger partial charge in [0.2, 0.25) is 0 Å². The summed E-state index contributed by atoms with van der Waals surface area (Å²) in [5.74, 6) is -0.819. The standard InChI is InChI=1S/C20H29BClNO4/c22-16-5-6-17-15(13-16)4-7-19(17)23-11-8-14(9-12-23)18(20(24)25)3-1-2-10-21(26)27/h5-6,13-14,18-19,26-27H,1-4,7-12H2,(H,24,25). The Kier molecular flexibility index (Phi) is 7.20. The van der Waals surface area contributed by atoms with E-state index >= 15 is 0 Å². The maximum Gasteiger partial charge on any atom is 0.451 e. The number of piperidine rings is 1. The highest BCUT2D eigenvalue weighted by Crippen LogP contribution is 2.40. The summed E-state index contributed by atoms with van der Waals surface area (Å²) in [6.07, 6.45) is 6.33. The largest absolute Gasteiger partial charge is 0.481 e. The van der Waals surface area contributed by atoms with Gasteiger partial charge < -0.3 is 15.2 Å². The molecule has 1 aromatic carbocycles. The highest BCUT2D eigenvalue weighted by atomic mass is 35.5. The van der Waals surface area contributed by atoms with Crippen LogP contribution in [0.15, 0.2) is 18.2 Å². The van der Waals surface area contributed by atoms with E-state index in [2.05, 4.69) is 17.0 Å². The molecule has 0 aromatic heterocycles. The molecule has 3 N–H and O–H groups in total. The molecule has 1 fully saturated rings. The number of rotatable bonds is 8. The molecule has 2 unspecified atom stereocenters. The molecule has 3 rings (SSSR count). The Bertz CT molecular complexity index is 649. The number of hydrogen-bond donors (Lipinski definition) is 3. The van der Waals surface area contributed by atoms with Crippen LogP contribution < -0.4 is 0 Å². The molecule has 0 amide bonds. The van der Waals surface area contributed by atoms with Crippen molar-refractivity contribution in [1.82, 2.24) is 4.90 Å². The minimum absolute atomic E-state index is 0.212. The van der Waals surface area contributed by atoms with Crippen LogP contribution in [-0.2, 0) is 11.2 Å². The lowest BCUT2D eigenvalue weighted by atomic mass is 9.78. The van der Waals surface area contributed by atoms with Crippen LogP contribution in [0.1, 0.15) is 55.7 Å². The molecule has 0 bridgehead atoms. The quantitative estimate of drug-likeness (QED) is 0.466. The van der Waals surface area contributed by atoms with E-state index in [1.54, 1.807) is 0 Å². The maximum absolute atomic E-state index is 11.7. The van der Waals surface area contributed by atoms with Gasteiger partial charge >= 0.3 is 13.1 Å². The molecule has 27 heavy (non-hydrogen) atoms. The third-order valence-electron chi connectivity index (χ3n) is 6.28. The zero-order valence-corrected chi connectivity index (χ0v) is 16.4. The summed E-state index contributed by atoms with van der Waals surface area (Å²) in [6.45, 7) is 1.88. The summed E-state index contributed by atoms with van der Waals surface area (Å²) in [6, 6.07) is 6.63. The lowest BCUT2D eigenvalue weighted by molar-refractivity contribution is -0.144. The highest BCUT2D eigenvalue weighted by Gasteiger charge is 2.35. The Morgan fingerprint density at radius 3 is 2.63 bits per heavy atom. The third-order valence-corrected chi connectivity index (χ3v) is 6.51. The molecule has 7 heteroatoms. The van der Waals surface area contributed by atoms with Crippen LogP contribution in [0.4, 0.5) is 0 Å². The number of carbonyl (C=O) groups is 1. The first-order valence-corrected chi connectivity index (χ1v) is 10.4. The van der Waals surface area contributed by atoms with Gasteiger partial charge in [0.1, 0.15) is 0 Å². The number of aryl methyl sites for hydroxylation is 1. The fourth-order valence-electron chi connectivity index (χ4n) is 4.83. The molecular formula is C20H29BClNO4. The number of likely N-dealkylation sites (tertiary alicyclic amines) is 1. The monoisotopic (exact) mass is 393 g/mol. The predicted octanol–water partition coefficient (Wildman–Crippen LogP) is 3.38. The number of carboxylic acids is 1. The van der Waals surface area contributed by atoms with Crippen molar-refractivity contribution >= 4 is 24.7 Å². The van der Waals surface area contributed by atoms with Gasteiger partial charge in [-0.25, -0.2) is 0 Å². The Morgan fingerprint density at radius 1 is 1.22 bits per heavy atom. The first-order chi connectivity index (χ1) is 13.0. The number of benzene rings is 1. The molecular weight excluding hydrogens is 364 g/mol. The van der Waals surface area contributed by atoms with Gasteiger partial charge in [0.25, 0.3) is 0 Å². The van der Waals surface area contributed by atoms with Crippen LogP contribution in [0.5, 0.6) is 0 Å². The fraction of sp³-hybridized carbons (Fsp3) is 0.650. The molecule has 1 aromatic rings. The molecule has 0 spiro atoms. The summed E-state index contributed by atoms with van der Waals surface area (Å²) in [4.78, 5) is 14.2. The first kappa shape index (κ1) is 20.7. The number of unbranched alkanes of at least 4 members (excludes halogenated alkanes) is 1. The van der Waals surface area contributed by atoms with Gasteiger partial charge in [-0.05, 0) is 80.7 Å². The van der Waals surface area contributed by atoms with E-state index in [1.807, 2.05) is 6.07 Å². The third kappa shape index (κ3) is 5.26. The van der Waals surface area contributed by atoms with E-state index in [-0.39, 0.29) is 11.8 Å². The van der Waals surface area contributed by atoms with Gasteiger partial charge in [0.05, 0.1) is 5.92 Å². The lowest BCUT2D eigenvalue weighted by Crippen LogP contribution is -2.39. The number of aliphatic carboxylic acids is 1. The minimum atomic E-state index is -1.29. The van der Waals surface area contributed by atoms with Gasteiger partial charge in [-0.1, -0.05) is 30.5 Å². The number of nitrogens with zero attached hydrogens (tertiary/aromatic N) is 1. The Labute approximate surface area is 166 Å². The second kappa shape index (κ2) is 9.42. The van der Waals surface area contributed by atoms with Crippen molar-refractivity contribution in [2.75, 3.05) is 13.1 Å². The molecule has 0 saturated carbocycles. The van der Waals surface area contributed by atoms with Crippen LogP contribution in [0.25, 0.3) is 0 Å². The van der Waals surface area contributed by atoms with E-state index in [9.17, 15) is 9.90 Å². The summed E-state index contributed by atoms with van der Waals surface area (Å²) in [5, 5.41) is 28.3. The summed E-state index contributed by atoms with van der Waals surface area (Å²) < 4.78 is 0. The van der Waals surface area contributed by atoms with Gasteiger partial charge in [0, 0.05) is 11.1 Å². The molecule has 1 aliphatic carbocycles. The highest BCUT2D eigenvalue weighted by molar-refractivity contribution is 6.40. The van der Waals surface area contributed by atoms with Gasteiger partial charge in [-0.2, -0.15) is 0 Å². The molecule has 1 saturated heterocycles. The minimum Gasteiger partial charge on any atom is -0.481 e. The van der Waals surface area contributed by atoms with Gasteiger partial charge in [0.15, 0.2) is 0 Å². The maximum atomic E-state index is 11.7. The smallest absolute Gasteiger partial charge is 0.451 e. The number of halogens is 1. The number of carboxylic acid groups (broad SMARTS) is 1. The molecule has 2 aliphatic rings. The van der Waals surface area contributed by atoms with Crippen molar-refractivity contribution in [2.24, 2.45) is 11.8 Å². The van der Waals surface area contributed by atoms with E-state index in [0.717, 1.165) is 50.2 Å². The van der Waals surface area contributed by atoms with Gasteiger partial charge in [-0.15, -0.1) is 0 Å². The predicted molar refractivity (Wildman–Crippen MR) is 107 cm³/mol. The fourth-order valence-corrected chi connectivity index (χ4v) is 5.02. The second-order valence-corrected chi connectivity index (χ2v) is 8.42. The molecule has 1 aliphatic heterocycles. The van der Waals surface area contributed by atoms with Crippen molar-refractivity contribution < 1.29 is 19.9 Å². The van der Waals surface area contributed by atoms with E-state index < -0.39 is 13.1 Å². The zero-order valence-electron chi connectivity index (χ0n) is 15.7. The van der Waals surface area contributed by atoms with Crippen molar-refractivity contribution in [3.63, 3.8) is 0 Å². The van der Waals surface area contributed by atoms with Crippen molar-refractivity contribution in [3.05, 3.63) is 34.3 Å². The Morgan fingerprint density at radius 2 is 1.96 bits per heavy atom. The summed E-state index contributed by atoms with van der Waals surface area (Å²) >= 11 is 6.11. The molecule has 0 radical (unpaired) electrons. The van der Waals surface area contributed by atoms with Crippen molar-refractivity contribution in [2.45, 2.75) is 57.3 Å². The zero-order chi connectivity index (χ0) is 19.4. The lowest BCUT2D eigenvalue weighted by Gasteiger charge is -2.38. The average molecular weight is 394 g/mol.